The van der Waals surface area contributed by atoms with Gasteiger partial charge in [0.2, 0.25) is 0 Å². The second-order valence-electron chi connectivity index (χ2n) is 7.44. The lowest BCUT2D eigenvalue weighted by Crippen LogP contribution is -2.35. The monoisotopic (exact) mass is 461 g/mol. The van der Waals surface area contributed by atoms with Crippen LogP contribution in [0.2, 0.25) is 0 Å². The first-order valence-electron chi connectivity index (χ1n) is 10.3. The van der Waals surface area contributed by atoms with E-state index in [4.69, 9.17) is 4.42 Å². The van der Waals surface area contributed by atoms with E-state index in [2.05, 4.69) is 20.5 Å². The SMILES string of the molecule is O=C(Nc1nnc(-c2cccnc2)o1)c1ccc(S(=O)(=O)N2CCCc3ccccc32)cc1. The van der Waals surface area contributed by atoms with Gasteiger partial charge in [-0.15, -0.1) is 5.10 Å². The maximum atomic E-state index is 13.2. The van der Waals surface area contributed by atoms with Crippen LogP contribution >= 0.6 is 0 Å². The molecule has 0 spiro atoms. The smallest absolute Gasteiger partial charge is 0.322 e. The number of amides is 1. The van der Waals surface area contributed by atoms with E-state index in [1.54, 1.807) is 24.5 Å². The predicted molar refractivity (Wildman–Crippen MR) is 121 cm³/mol. The minimum absolute atomic E-state index is 0.0690. The summed E-state index contributed by atoms with van der Waals surface area (Å²) < 4.78 is 33.4. The van der Waals surface area contributed by atoms with Gasteiger partial charge in [0, 0.05) is 24.5 Å². The number of fused-ring (bicyclic) bond motifs is 1. The van der Waals surface area contributed by atoms with Crippen molar-refractivity contribution in [2.75, 3.05) is 16.2 Å². The summed E-state index contributed by atoms with van der Waals surface area (Å²) in [7, 11) is -3.75. The van der Waals surface area contributed by atoms with Crippen LogP contribution in [0.15, 0.2) is 82.4 Å². The Bertz CT molecular complexity index is 1400. The van der Waals surface area contributed by atoms with Crippen molar-refractivity contribution in [1.82, 2.24) is 15.2 Å². The minimum atomic E-state index is -3.75. The van der Waals surface area contributed by atoms with Gasteiger partial charge in [-0.3, -0.25) is 19.4 Å². The van der Waals surface area contributed by atoms with E-state index in [0.29, 0.717) is 17.8 Å². The maximum absolute atomic E-state index is 13.2. The topological polar surface area (TPSA) is 118 Å². The molecule has 0 unspecified atom stereocenters. The van der Waals surface area contributed by atoms with Crippen molar-refractivity contribution in [3.8, 4) is 11.5 Å². The third-order valence-corrected chi connectivity index (χ3v) is 7.15. The number of pyridine rings is 1. The van der Waals surface area contributed by atoms with Crippen molar-refractivity contribution in [2.24, 2.45) is 0 Å². The molecule has 1 aliphatic rings. The number of hydrogen-bond donors (Lipinski definition) is 1. The zero-order chi connectivity index (χ0) is 22.8. The second-order valence-corrected chi connectivity index (χ2v) is 9.30. The molecule has 4 aromatic rings. The first kappa shape index (κ1) is 20.8. The zero-order valence-corrected chi connectivity index (χ0v) is 18.2. The summed E-state index contributed by atoms with van der Waals surface area (Å²) in [5.41, 5.74) is 2.59. The third kappa shape index (κ3) is 4.08. The van der Waals surface area contributed by atoms with Gasteiger partial charge in [0.05, 0.1) is 16.1 Å². The first-order valence-corrected chi connectivity index (χ1v) is 11.7. The van der Waals surface area contributed by atoms with Gasteiger partial charge in [0.1, 0.15) is 0 Å². The molecular formula is C23H19N5O4S. The molecule has 2 aromatic carbocycles. The molecule has 166 valence electrons. The number of benzene rings is 2. The number of aryl methyl sites for hydroxylation is 1. The Labute approximate surface area is 190 Å². The van der Waals surface area contributed by atoms with Gasteiger partial charge < -0.3 is 4.42 Å². The lowest BCUT2D eigenvalue weighted by molar-refractivity contribution is 0.102. The number of nitrogens with zero attached hydrogens (tertiary/aromatic N) is 4. The van der Waals surface area contributed by atoms with Gasteiger partial charge in [-0.1, -0.05) is 23.3 Å². The van der Waals surface area contributed by atoms with Crippen LogP contribution in [0.25, 0.3) is 11.5 Å². The highest BCUT2D eigenvalue weighted by Gasteiger charge is 2.29. The summed E-state index contributed by atoms with van der Waals surface area (Å²) in [6.45, 7) is 0.415. The van der Waals surface area contributed by atoms with Crippen molar-refractivity contribution in [1.29, 1.82) is 0 Å². The summed E-state index contributed by atoms with van der Waals surface area (Å²) in [6.07, 6.45) is 4.79. The molecule has 9 nitrogen and oxygen atoms in total. The van der Waals surface area contributed by atoms with Crippen molar-refractivity contribution < 1.29 is 17.6 Å². The van der Waals surface area contributed by atoms with Crippen molar-refractivity contribution in [3.63, 3.8) is 0 Å². The Morgan fingerprint density at radius 1 is 1.00 bits per heavy atom. The van der Waals surface area contributed by atoms with Gasteiger partial charge in [-0.2, -0.15) is 0 Å². The zero-order valence-electron chi connectivity index (χ0n) is 17.4. The molecule has 2 aromatic heterocycles. The van der Waals surface area contributed by atoms with Crippen LogP contribution in [0.4, 0.5) is 11.7 Å². The molecule has 0 aliphatic carbocycles. The van der Waals surface area contributed by atoms with Crippen LogP contribution in [-0.2, 0) is 16.4 Å². The molecule has 10 heteroatoms. The average Bonchev–Trinajstić information content (AvgIpc) is 3.33. The number of sulfonamides is 1. The van der Waals surface area contributed by atoms with Gasteiger partial charge in [0.25, 0.3) is 21.8 Å². The normalized spacial score (nSPS) is 13.4. The molecule has 0 saturated carbocycles. The fourth-order valence-electron chi connectivity index (χ4n) is 3.70. The fraction of sp³-hybridized carbons (Fsp3) is 0.130. The molecular weight excluding hydrogens is 442 g/mol. The molecule has 3 heterocycles. The van der Waals surface area contributed by atoms with E-state index in [-0.39, 0.29) is 22.4 Å². The highest BCUT2D eigenvalue weighted by molar-refractivity contribution is 7.92. The molecule has 0 fully saturated rings. The molecule has 0 bridgehead atoms. The van der Waals surface area contributed by atoms with E-state index >= 15 is 0 Å². The summed E-state index contributed by atoms with van der Waals surface area (Å²) in [5.74, 6) is -0.273. The highest BCUT2D eigenvalue weighted by atomic mass is 32.2. The molecule has 33 heavy (non-hydrogen) atoms. The number of hydrogen-bond acceptors (Lipinski definition) is 7. The number of nitrogens with one attached hydrogen (secondary N) is 1. The van der Waals surface area contributed by atoms with E-state index in [0.717, 1.165) is 18.4 Å². The quantitative estimate of drug-likeness (QED) is 0.483. The number of aromatic nitrogens is 3. The number of anilines is 2. The second kappa shape index (κ2) is 8.47. The van der Waals surface area contributed by atoms with Crippen LogP contribution in [-0.4, -0.2) is 36.1 Å². The van der Waals surface area contributed by atoms with E-state index in [9.17, 15) is 13.2 Å². The number of para-hydroxylation sites is 1. The van der Waals surface area contributed by atoms with Crippen LogP contribution in [0.5, 0.6) is 0 Å². The van der Waals surface area contributed by atoms with Crippen LogP contribution < -0.4 is 9.62 Å². The number of carbonyl (C=O) groups excluding carboxylic acids is 1. The summed E-state index contributed by atoms with van der Waals surface area (Å²) in [5, 5.41) is 10.2. The highest BCUT2D eigenvalue weighted by Crippen LogP contribution is 2.31. The Balaban J connectivity index is 1.33. The third-order valence-electron chi connectivity index (χ3n) is 5.33. The van der Waals surface area contributed by atoms with Gasteiger partial charge in [0.15, 0.2) is 0 Å². The van der Waals surface area contributed by atoms with Crippen LogP contribution in [0.1, 0.15) is 22.3 Å². The molecule has 1 amide bonds. The minimum Gasteiger partial charge on any atom is -0.403 e. The summed E-state index contributed by atoms with van der Waals surface area (Å²) >= 11 is 0. The van der Waals surface area contributed by atoms with Crippen molar-refractivity contribution in [2.45, 2.75) is 17.7 Å². The molecule has 1 aliphatic heterocycles. The number of rotatable bonds is 5. The molecule has 0 radical (unpaired) electrons. The van der Waals surface area contributed by atoms with E-state index in [1.807, 2.05) is 24.3 Å². The molecule has 5 rings (SSSR count). The van der Waals surface area contributed by atoms with E-state index < -0.39 is 15.9 Å². The molecule has 0 saturated heterocycles. The van der Waals surface area contributed by atoms with Crippen LogP contribution in [0.3, 0.4) is 0 Å². The molecule has 0 atom stereocenters. The average molecular weight is 462 g/mol. The Morgan fingerprint density at radius 3 is 2.61 bits per heavy atom. The van der Waals surface area contributed by atoms with E-state index in [1.165, 1.54) is 28.6 Å². The number of carbonyl (C=O) groups is 1. The predicted octanol–water partition coefficient (Wildman–Crippen LogP) is 3.53. The Hall–Kier alpha value is -4.05. The summed E-state index contributed by atoms with van der Waals surface area (Å²) in [6, 6.07) is 16.7. The summed E-state index contributed by atoms with van der Waals surface area (Å²) in [4.78, 5) is 16.7. The van der Waals surface area contributed by atoms with Gasteiger partial charge in [-0.25, -0.2) is 8.42 Å². The standard InChI is InChI=1S/C23H19N5O4S/c29-21(25-23-27-26-22(32-23)18-6-3-13-24-15-18)17-9-11-19(12-10-17)33(30,31)28-14-4-7-16-5-1-2-8-20(16)28/h1-3,5-6,8-13,15H,4,7,14H2,(H,25,27,29). The molecule has 1 N–H and O–H groups in total. The Kier molecular flexibility index (Phi) is 5.35. The lowest BCUT2D eigenvalue weighted by Gasteiger charge is -2.30. The van der Waals surface area contributed by atoms with Crippen molar-refractivity contribution >= 4 is 27.6 Å². The van der Waals surface area contributed by atoms with Gasteiger partial charge >= 0.3 is 6.01 Å². The fourth-order valence-corrected chi connectivity index (χ4v) is 5.24. The lowest BCUT2D eigenvalue weighted by atomic mass is 10.0. The van der Waals surface area contributed by atoms with Crippen LogP contribution in [0, 0.1) is 0 Å². The van der Waals surface area contributed by atoms with Crippen molar-refractivity contribution in [3.05, 3.63) is 84.2 Å². The first-order chi connectivity index (χ1) is 16.0. The largest absolute Gasteiger partial charge is 0.403 e. The van der Waals surface area contributed by atoms with Gasteiger partial charge in [-0.05, 0) is 60.9 Å². The maximum Gasteiger partial charge on any atom is 0.322 e. The Morgan fingerprint density at radius 2 is 1.82 bits per heavy atom.